The molecule has 1 unspecified atom stereocenters. The standard InChI is InChI=1S/C31H54ClN6O2S/c1-20(2)37-27(24(40-12)16-33-37)31(9,10)19-36-17-22(32)26(38(36)21(3)18-39)30(7,8)15-23-25(29(4,5)6)28(41(13)14)35(11)34-23/h16-17,20-21,39,41H,15,18-19H2,1-14H3/q+1. The molecule has 10 heteroatoms. The van der Waals surface area contributed by atoms with Gasteiger partial charge in [-0.2, -0.15) is 14.9 Å². The molecule has 3 aromatic rings. The summed E-state index contributed by atoms with van der Waals surface area (Å²) in [5, 5.41) is 22.2. The summed E-state index contributed by atoms with van der Waals surface area (Å²) in [5.74, 6) is 0.775. The Bertz CT molecular complexity index is 1360. The second kappa shape index (κ2) is 12.0. The average Bonchev–Trinajstić information content (AvgIpc) is 3.50. The quantitative estimate of drug-likeness (QED) is 0.209. The van der Waals surface area contributed by atoms with Crippen molar-refractivity contribution in [3.8, 4) is 5.75 Å². The van der Waals surface area contributed by atoms with Crippen LogP contribution in [0.2, 0.25) is 5.02 Å². The van der Waals surface area contributed by atoms with Gasteiger partial charge in [0.1, 0.15) is 16.8 Å². The lowest BCUT2D eigenvalue weighted by molar-refractivity contribution is -0.784. The van der Waals surface area contributed by atoms with Crippen LogP contribution < -0.4 is 9.42 Å². The van der Waals surface area contributed by atoms with E-state index in [0.29, 0.717) is 11.6 Å². The molecule has 0 saturated heterocycles. The van der Waals surface area contributed by atoms with E-state index >= 15 is 0 Å². The molecule has 0 bridgehead atoms. The molecule has 0 fully saturated rings. The third-order valence-corrected chi connectivity index (χ3v) is 9.50. The maximum Gasteiger partial charge on any atom is 0.214 e. The molecule has 3 aromatic heterocycles. The lowest BCUT2D eigenvalue weighted by atomic mass is 9.79. The van der Waals surface area contributed by atoms with Gasteiger partial charge in [0.05, 0.1) is 41.7 Å². The molecule has 0 aliphatic carbocycles. The van der Waals surface area contributed by atoms with E-state index in [1.54, 1.807) is 13.3 Å². The lowest BCUT2D eigenvalue weighted by Gasteiger charge is -2.30. The Hall–Kier alpha value is -1.97. The van der Waals surface area contributed by atoms with E-state index < -0.39 is 0 Å². The number of halogens is 1. The highest BCUT2D eigenvalue weighted by Gasteiger charge is 2.41. The molecule has 0 amide bonds. The Morgan fingerprint density at radius 1 is 1.05 bits per heavy atom. The van der Waals surface area contributed by atoms with Crippen LogP contribution in [0.5, 0.6) is 5.75 Å². The Morgan fingerprint density at radius 3 is 2.15 bits per heavy atom. The Morgan fingerprint density at radius 2 is 1.66 bits per heavy atom. The van der Waals surface area contributed by atoms with Gasteiger partial charge in [-0.05, 0) is 52.5 Å². The van der Waals surface area contributed by atoms with Gasteiger partial charge in [-0.3, -0.25) is 9.36 Å². The number of hydrogen-bond donors (Lipinski definition) is 2. The summed E-state index contributed by atoms with van der Waals surface area (Å²) >= 11 is 7.12. The zero-order chi connectivity index (χ0) is 31.2. The molecule has 0 aliphatic heterocycles. The summed E-state index contributed by atoms with van der Waals surface area (Å²) in [7, 11) is 3.43. The highest BCUT2D eigenvalue weighted by atomic mass is 35.5. The number of hydrogen-bond acceptors (Lipinski definition) is 4. The first-order chi connectivity index (χ1) is 18.8. The first kappa shape index (κ1) is 33.5. The van der Waals surface area contributed by atoms with Crippen LogP contribution in [0.25, 0.3) is 0 Å². The summed E-state index contributed by atoms with van der Waals surface area (Å²) in [6, 6.07) is 0.0110. The van der Waals surface area contributed by atoms with Crippen molar-refractivity contribution >= 4 is 22.5 Å². The highest BCUT2D eigenvalue weighted by Crippen LogP contribution is 2.43. The number of rotatable bonds is 11. The minimum Gasteiger partial charge on any atom is -0.493 e. The van der Waals surface area contributed by atoms with Gasteiger partial charge in [0.15, 0.2) is 12.3 Å². The van der Waals surface area contributed by atoms with Gasteiger partial charge in [0, 0.05) is 30.5 Å². The fourth-order valence-electron chi connectivity index (χ4n) is 6.29. The lowest BCUT2D eigenvalue weighted by Crippen LogP contribution is -2.52. The normalized spacial score (nSPS) is 14.2. The number of ether oxygens (including phenoxy) is 1. The minimum absolute atomic E-state index is 0.00129. The summed E-state index contributed by atoms with van der Waals surface area (Å²) in [6.07, 6.45) is 9.14. The average molecular weight is 610 g/mol. The van der Waals surface area contributed by atoms with E-state index in [9.17, 15) is 5.11 Å². The molecule has 0 aliphatic rings. The van der Waals surface area contributed by atoms with Crippen LogP contribution in [0.4, 0.5) is 0 Å². The van der Waals surface area contributed by atoms with Gasteiger partial charge in [0.25, 0.3) is 0 Å². The van der Waals surface area contributed by atoms with Crippen molar-refractivity contribution in [3.63, 3.8) is 0 Å². The molecule has 1 atom stereocenters. The summed E-state index contributed by atoms with van der Waals surface area (Å²) in [4.78, 5) is 0. The number of aliphatic hydroxyl groups excluding tert-OH is 1. The second-order valence-electron chi connectivity index (χ2n) is 14.3. The number of aliphatic hydroxyl groups is 1. The van der Waals surface area contributed by atoms with Crippen LogP contribution in [0, 0.1) is 0 Å². The highest BCUT2D eigenvalue weighted by molar-refractivity contribution is 8.15. The van der Waals surface area contributed by atoms with Crippen molar-refractivity contribution in [2.45, 2.75) is 116 Å². The number of methoxy groups -OCH3 is 1. The first-order valence-corrected chi connectivity index (χ1v) is 17.2. The largest absolute Gasteiger partial charge is 0.493 e. The molecule has 1 N–H and O–H groups in total. The number of thiol groups is 1. The topological polar surface area (TPSA) is 73.9 Å². The van der Waals surface area contributed by atoms with Crippen LogP contribution >= 0.6 is 22.5 Å². The predicted molar refractivity (Wildman–Crippen MR) is 171 cm³/mol. The van der Waals surface area contributed by atoms with Crippen LogP contribution in [0.3, 0.4) is 0 Å². The molecule has 41 heavy (non-hydrogen) atoms. The molecule has 3 rings (SSSR count). The molecule has 0 spiro atoms. The van der Waals surface area contributed by atoms with E-state index in [0.717, 1.165) is 29.3 Å². The molecule has 3 heterocycles. The van der Waals surface area contributed by atoms with Crippen molar-refractivity contribution in [2.75, 3.05) is 26.2 Å². The summed E-state index contributed by atoms with van der Waals surface area (Å²) in [5.41, 5.74) is 3.77. The molecular formula is C31H54ClN6O2S+. The van der Waals surface area contributed by atoms with Gasteiger partial charge in [-0.25, -0.2) is 10.9 Å². The van der Waals surface area contributed by atoms with Gasteiger partial charge in [0.2, 0.25) is 6.20 Å². The van der Waals surface area contributed by atoms with Crippen LogP contribution in [0.1, 0.15) is 104 Å². The van der Waals surface area contributed by atoms with E-state index in [4.69, 9.17) is 21.4 Å². The van der Waals surface area contributed by atoms with Gasteiger partial charge >= 0.3 is 0 Å². The third-order valence-electron chi connectivity index (χ3n) is 7.86. The number of aryl methyl sites for hydroxylation is 1. The van der Waals surface area contributed by atoms with Gasteiger partial charge in [-0.15, -0.1) is 4.68 Å². The van der Waals surface area contributed by atoms with Crippen molar-refractivity contribution in [3.05, 3.63) is 40.1 Å². The molecule has 8 nitrogen and oxygen atoms in total. The zero-order valence-corrected chi connectivity index (χ0v) is 29.4. The molecule has 232 valence electrons. The number of aromatic nitrogens is 6. The smallest absolute Gasteiger partial charge is 0.214 e. The maximum atomic E-state index is 10.4. The van der Waals surface area contributed by atoms with Crippen LogP contribution in [0.15, 0.2) is 17.4 Å². The monoisotopic (exact) mass is 609 g/mol. The second-order valence-corrected chi connectivity index (χ2v) is 16.9. The Labute approximate surface area is 255 Å². The Kier molecular flexibility index (Phi) is 9.78. The molecule has 0 aromatic carbocycles. The fraction of sp³-hybridized carbons (Fsp3) is 0.710. The molecule has 0 radical (unpaired) electrons. The van der Waals surface area contributed by atoms with Gasteiger partial charge in [-0.1, -0.05) is 46.2 Å². The van der Waals surface area contributed by atoms with E-state index in [-0.39, 0.29) is 45.8 Å². The summed E-state index contributed by atoms with van der Waals surface area (Å²) < 4.78 is 14.2. The Balaban J connectivity index is 2.17. The van der Waals surface area contributed by atoms with Crippen molar-refractivity contribution in [1.82, 2.24) is 24.2 Å². The van der Waals surface area contributed by atoms with Crippen LogP contribution in [-0.4, -0.2) is 55.6 Å². The van der Waals surface area contributed by atoms with Crippen molar-refractivity contribution < 1.29 is 14.5 Å². The predicted octanol–water partition coefficient (Wildman–Crippen LogP) is 5.92. The summed E-state index contributed by atoms with van der Waals surface area (Å²) in [6.45, 7) is 22.6. The molecular weight excluding hydrogens is 556 g/mol. The van der Waals surface area contributed by atoms with Crippen molar-refractivity contribution in [1.29, 1.82) is 0 Å². The van der Waals surface area contributed by atoms with Crippen molar-refractivity contribution in [2.24, 2.45) is 7.05 Å². The third kappa shape index (κ3) is 6.52. The maximum absolute atomic E-state index is 10.4. The molecule has 0 saturated carbocycles. The number of nitrogens with zero attached hydrogens (tertiary/aromatic N) is 6. The fourth-order valence-corrected chi connectivity index (χ4v) is 8.28. The van der Waals surface area contributed by atoms with E-state index in [1.807, 2.05) is 17.8 Å². The van der Waals surface area contributed by atoms with E-state index in [1.165, 1.54) is 10.6 Å². The first-order valence-electron chi connectivity index (χ1n) is 14.6. The minimum atomic E-state index is -0.358. The zero-order valence-electron chi connectivity index (χ0n) is 27.8. The van der Waals surface area contributed by atoms with Gasteiger partial charge < -0.3 is 9.84 Å². The van der Waals surface area contributed by atoms with Crippen LogP contribution in [-0.2, 0) is 36.3 Å². The van der Waals surface area contributed by atoms with E-state index in [2.05, 4.69) is 101 Å². The SMILES string of the molecule is COc1cnn(C(C)C)c1C(C)(C)C[n+]1cc(Cl)c(C(C)(C)Cc2nn(C)c([SH](C)C)c2C(C)(C)C)n1C(C)CO.